The molecule has 2 unspecified atom stereocenters. The Bertz CT molecular complexity index is 1370. The average Bonchev–Trinajstić information content (AvgIpc) is 3.59. The van der Waals surface area contributed by atoms with Crippen molar-refractivity contribution in [1.29, 1.82) is 0 Å². The topological polar surface area (TPSA) is 76.2 Å². The van der Waals surface area contributed by atoms with Crippen molar-refractivity contribution >= 4 is 27.3 Å². The molecular weight excluding hydrogens is 527 g/mol. The number of halogens is 1. The number of amides is 1. The zero-order valence-corrected chi connectivity index (χ0v) is 22.8. The van der Waals surface area contributed by atoms with Crippen molar-refractivity contribution in [3.63, 3.8) is 0 Å². The summed E-state index contributed by atoms with van der Waals surface area (Å²) < 4.78 is 53.9. The van der Waals surface area contributed by atoms with E-state index in [-0.39, 0.29) is 36.6 Å². The summed E-state index contributed by atoms with van der Waals surface area (Å²) in [5.74, 6) is -0.327. The quantitative estimate of drug-likeness (QED) is 0.385. The molecule has 1 saturated heterocycles. The fourth-order valence-electron chi connectivity index (χ4n) is 4.97. The van der Waals surface area contributed by atoms with Crippen molar-refractivity contribution < 1.29 is 27.1 Å². The molecule has 2 aromatic carbocycles. The predicted molar refractivity (Wildman–Crippen MR) is 143 cm³/mol. The van der Waals surface area contributed by atoms with Crippen LogP contribution in [0.5, 0.6) is 5.75 Å². The van der Waals surface area contributed by atoms with Gasteiger partial charge in [-0.1, -0.05) is 23.8 Å². The van der Waals surface area contributed by atoms with Gasteiger partial charge in [-0.15, -0.1) is 11.3 Å². The first-order valence-electron chi connectivity index (χ1n) is 12.7. The molecule has 3 aromatic rings. The highest BCUT2D eigenvalue weighted by molar-refractivity contribution is 7.89. The second kappa shape index (κ2) is 11.5. The number of benzene rings is 2. The largest absolute Gasteiger partial charge is 0.491 e. The van der Waals surface area contributed by atoms with Crippen LogP contribution in [-0.2, 0) is 26.0 Å². The van der Waals surface area contributed by atoms with Gasteiger partial charge in [-0.05, 0) is 67.5 Å². The zero-order chi connectivity index (χ0) is 26.7. The second-order valence-corrected chi connectivity index (χ2v) is 12.6. The highest BCUT2D eigenvalue weighted by Crippen LogP contribution is 2.34. The molecule has 0 spiro atoms. The van der Waals surface area contributed by atoms with Gasteiger partial charge >= 0.3 is 0 Å². The third-order valence-electron chi connectivity index (χ3n) is 7.02. The normalized spacial score (nSPS) is 19.5. The van der Waals surface area contributed by atoms with Crippen LogP contribution in [0, 0.1) is 12.7 Å². The van der Waals surface area contributed by atoms with Crippen molar-refractivity contribution in [2.75, 3.05) is 32.8 Å². The van der Waals surface area contributed by atoms with Crippen molar-refractivity contribution in [2.45, 2.75) is 43.2 Å². The first-order valence-corrected chi connectivity index (χ1v) is 15.1. The van der Waals surface area contributed by atoms with Crippen molar-refractivity contribution in [2.24, 2.45) is 0 Å². The molecule has 2 atom stereocenters. The average molecular weight is 559 g/mol. The Hall–Kier alpha value is -2.79. The maximum absolute atomic E-state index is 13.8. The summed E-state index contributed by atoms with van der Waals surface area (Å²) >= 11 is 1.63. The summed E-state index contributed by atoms with van der Waals surface area (Å²) in [7, 11) is -3.93. The summed E-state index contributed by atoms with van der Waals surface area (Å²) in [5.41, 5.74) is 1.93. The number of hydrogen-bond donors (Lipinski definition) is 0. The van der Waals surface area contributed by atoms with Gasteiger partial charge in [0, 0.05) is 30.6 Å². The zero-order valence-electron chi connectivity index (χ0n) is 21.2. The minimum Gasteiger partial charge on any atom is -0.491 e. The van der Waals surface area contributed by atoms with E-state index in [1.807, 2.05) is 18.4 Å². The van der Waals surface area contributed by atoms with Crippen LogP contribution in [0.3, 0.4) is 0 Å². The van der Waals surface area contributed by atoms with Gasteiger partial charge in [0.25, 0.3) is 0 Å². The van der Waals surface area contributed by atoms with Gasteiger partial charge in [-0.25, -0.2) is 12.8 Å². The number of rotatable bonds is 9. The second-order valence-electron chi connectivity index (χ2n) is 9.67. The number of ether oxygens (including phenoxy) is 2. The minimum absolute atomic E-state index is 0.115. The van der Waals surface area contributed by atoms with E-state index < -0.39 is 21.9 Å². The van der Waals surface area contributed by atoms with Gasteiger partial charge in [0.2, 0.25) is 15.9 Å². The summed E-state index contributed by atoms with van der Waals surface area (Å²) in [6, 6.07) is 14.1. The molecule has 1 fully saturated rings. The summed E-state index contributed by atoms with van der Waals surface area (Å²) in [6.07, 6.45) is 2.05. The summed E-state index contributed by atoms with van der Waals surface area (Å²) in [4.78, 5) is 16.8. The molecule has 2 aliphatic heterocycles. The van der Waals surface area contributed by atoms with E-state index in [4.69, 9.17) is 9.47 Å². The van der Waals surface area contributed by atoms with E-state index in [2.05, 4.69) is 0 Å². The highest BCUT2D eigenvalue weighted by atomic mass is 32.2. The standard InChI is InChI=1S/C28H31FN2O5S2/c1-20-7-9-24(10-8-20)38(33,34)30(17-23-6-3-14-35-23)18-28(32)31-13-11-27-25(12-15-37-27)26(31)19-36-22-5-2-4-21(29)16-22/h2,4-5,7-10,12,15-16,23,26H,3,6,11,13-14,17-19H2,1H3. The highest BCUT2D eigenvalue weighted by Gasteiger charge is 2.36. The number of sulfonamides is 1. The summed E-state index contributed by atoms with van der Waals surface area (Å²) in [6.45, 7) is 2.88. The van der Waals surface area contributed by atoms with Crippen molar-refractivity contribution in [3.8, 4) is 5.75 Å². The molecule has 3 heterocycles. The van der Waals surface area contributed by atoms with Crippen molar-refractivity contribution in [3.05, 3.63) is 81.8 Å². The number of carbonyl (C=O) groups is 1. The van der Waals surface area contributed by atoms with Crippen molar-refractivity contribution in [1.82, 2.24) is 9.21 Å². The van der Waals surface area contributed by atoms with Crippen LogP contribution in [0.25, 0.3) is 0 Å². The Morgan fingerprint density at radius 1 is 1.21 bits per heavy atom. The third kappa shape index (κ3) is 5.93. The van der Waals surface area contributed by atoms with Gasteiger partial charge in [-0.3, -0.25) is 4.79 Å². The van der Waals surface area contributed by atoms with Crippen LogP contribution in [-0.4, -0.2) is 62.5 Å². The first-order chi connectivity index (χ1) is 18.3. The van der Waals surface area contributed by atoms with Crippen LogP contribution in [0.2, 0.25) is 0 Å². The molecule has 0 radical (unpaired) electrons. The SMILES string of the molecule is Cc1ccc(S(=O)(=O)N(CC(=O)N2CCc3sccc3C2COc2cccc(F)c2)CC2CCCO2)cc1. The Labute approximate surface area is 226 Å². The molecule has 1 amide bonds. The number of nitrogens with zero attached hydrogens (tertiary/aromatic N) is 2. The first kappa shape index (κ1) is 26.8. The number of fused-ring (bicyclic) bond motifs is 1. The van der Waals surface area contributed by atoms with E-state index in [9.17, 15) is 17.6 Å². The summed E-state index contributed by atoms with van der Waals surface area (Å²) in [5, 5.41) is 1.99. The lowest BCUT2D eigenvalue weighted by molar-refractivity contribution is -0.135. The van der Waals surface area contributed by atoms with E-state index in [0.717, 1.165) is 24.0 Å². The van der Waals surface area contributed by atoms with Crippen LogP contribution >= 0.6 is 11.3 Å². The number of hydrogen-bond acceptors (Lipinski definition) is 6. The molecule has 10 heteroatoms. The van der Waals surface area contributed by atoms with Gasteiger partial charge in [-0.2, -0.15) is 4.31 Å². The van der Waals surface area contributed by atoms with Gasteiger partial charge < -0.3 is 14.4 Å². The number of carbonyl (C=O) groups excluding carboxylic acids is 1. The lowest BCUT2D eigenvalue weighted by Crippen LogP contribution is -2.49. The fraction of sp³-hybridized carbons (Fsp3) is 0.393. The third-order valence-corrected chi connectivity index (χ3v) is 9.84. The molecule has 2 aliphatic rings. The Morgan fingerprint density at radius 3 is 2.76 bits per heavy atom. The van der Waals surface area contributed by atoms with E-state index in [1.165, 1.54) is 21.3 Å². The fourth-order valence-corrected chi connectivity index (χ4v) is 7.32. The van der Waals surface area contributed by atoms with Gasteiger partial charge in [0.15, 0.2) is 0 Å². The van der Waals surface area contributed by atoms with Crippen LogP contribution in [0.4, 0.5) is 4.39 Å². The molecular formula is C28H31FN2O5S2. The monoisotopic (exact) mass is 558 g/mol. The Morgan fingerprint density at radius 2 is 2.03 bits per heavy atom. The molecule has 0 bridgehead atoms. The molecule has 0 saturated carbocycles. The maximum atomic E-state index is 13.8. The Kier molecular flexibility index (Phi) is 8.13. The molecule has 7 nitrogen and oxygen atoms in total. The molecule has 0 aliphatic carbocycles. The Balaban J connectivity index is 1.39. The molecule has 0 N–H and O–H groups in total. The molecule has 5 rings (SSSR count). The van der Waals surface area contributed by atoms with Crippen LogP contribution in [0.15, 0.2) is 64.9 Å². The lowest BCUT2D eigenvalue weighted by atomic mass is 10.0. The van der Waals surface area contributed by atoms with Gasteiger partial charge in [0.05, 0.1) is 23.6 Å². The number of thiophene rings is 1. The number of aryl methyl sites for hydroxylation is 1. The van der Waals surface area contributed by atoms with Gasteiger partial charge in [0.1, 0.15) is 18.2 Å². The van der Waals surface area contributed by atoms with E-state index in [1.54, 1.807) is 52.6 Å². The minimum atomic E-state index is -3.93. The molecule has 1 aromatic heterocycles. The van der Waals surface area contributed by atoms with E-state index in [0.29, 0.717) is 25.3 Å². The maximum Gasteiger partial charge on any atom is 0.243 e. The lowest BCUT2D eigenvalue weighted by Gasteiger charge is -2.37. The predicted octanol–water partition coefficient (Wildman–Crippen LogP) is 4.57. The molecule has 38 heavy (non-hydrogen) atoms. The molecule has 202 valence electrons. The van der Waals surface area contributed by atoms with Crippen LogP contribution in [0.1, 0.15) is 34.9 Å². The smallest absolute Gasteiger partial charge is 0.243 e. The van der Waals surface area contributed by atoms with E-state index >= 15 is 0 Å². The van der Waals surface area contributed by atoms with Crippen LogP contribution < -0.4 is 4.74 Å².